The molecule has 5 nitrogen and oxygen atoms in total. The molecule has 0 amide bonds. The largest absolute Gasteiger partial charge is 0.391 e. The summed E-state index contributed by atoms with van der Waals surface area (Å²) < 4.78 is 0. The molecule has 2 aromatic rings. The van der Waals surface area contributed by atoms with Crippen molar-refractivity contribution in [2.75, 3.05) is 11.9 Å². The molecule has 0 saturated heterocycles. The van der Waals surface area contributed by atoms with Gasteiger partial charge in [0, 0.05) is 24.5 Å². The summed E-state index contributed by atoms with van der Waals surface area (Å²) in [5.74, 6) is 1.81. The van der Waals surface area contributed by atoms with Gasteiger partial charge < -0.3 is 10.4 Å². The first-order chi connectivity index (χ1) is 11.3. The molecule has 3 rings (SSSR count). The molecule has 0 aliphatic heterocycles. The smallest absolute Gasteiger partial charge is 0.180 e. The van der Waals surface area contributed by atoms with E-state index in [1.54, 1.807) is 6.20 Å². The van der Waals surface area contributed by atoms with Gasteiger partial charge in [0.15, 0.2) is 5.82 Å². The zero-order valence-corrected chi connectivity index (χ0v) is 13.6. The Labute approximate surface area is 137 Å². The van der Waals surface area contributed by atoms with Gasteiger partial charge >= 0.3 is 0 Å². The van der Waals surface area contributed by atoms with E-state index in [0.29, 0.717) is 18.3 Å². The minimum atomic E-state index is -0.309. The maximum atomic E-state index is 10.3. The average molecular weight is 312 g/mol. The fraction of sp³-hybridized carbons (Fsp3) is 0.500. The van der Waals surface area contributed by atoms with E-state index in [1.807, 2.05) is 24.3 Å². The van der Waals surface area contributed by atoms with Gasteiger partial charge in [0.25, 0.3) is 0 Å². The van der Waals surface area contributed by atoms with Gasteiger partial charge in [-0.05, 0) is 37.3 Å². The zero-order chi connectivity index (χ0) is 16.1. The summed E-state index contributed by atoms with van der Waals surface area (Å²) in [7, 11) is 0. The third kappa shape index (κ3) is 4.05. The molecule has 23 heavy (non-hydrogen) atoms. The maximum Gasteiger partial charge on any atom is 0.180 e. The van der Waals surface area contributed by atoms with Crippen molar-refractivity contribution in [3.05, 3.63) is 36.2 Å². The van der Waals surface area contributed by atoms with Gasteiger partial charge in [0.2, 0.25) is 0 Å². The Morgan fingerprint density at radius 2 is 2.09 bits per heavy atom. The van der Waals surface area contributed by atoms with Gasteiger partial charge in [0.1, 0.15) is 11.5 Å². The van der Waals surface area contributed by atoms with Crippen molar-refractivity contribution in [1.29, 1.82) is 0 Å². The highest BCUT2D eigenvalue weighted by molar-refractivity contribution is 5.52. The van der Waals surface area contributed by atoms with Crippen molar-refractivity contribution in [2.24, 2.45) is 5.92 Å². The van der Waals surface area contributed by atoms with Crippen LogP contribution in [0.1, 0.15) is 38.3 Å². The highest BCUT2D eigenvalue weighted by Crippen LogP contribution is 2.27. The second kappa shape index (κ2) is 7.51. The van der Waals surface area contributed by atoms with Crippen LogP contribution in [-0.2, 0) is 6.42 Å². The highest BCUT2D eigenvalue weighted by Gasteiger charge is 2.23. The third-order valence-electron chi connectivity index (χ3n) is 4.47. The summed E-state index contributed by atoms with van der Waals surface area (Å²) >= 11 is 0. The molecular weight excluding hydrogens is 288 g/mol. The van der Waals surface area contributed by atoms with E-state index in [2.05, 4.69) is 27.2 Å². The topological polar surface area (TPSA) is 70.9 Å². The number of aliphatic hydroxyl groups excluding tert-OH is 1. The first-order valence-electron chi connectivity index (χ1n) is 8.47. The molecule has 122 valence electrons. The second-order valence-corrected chi connectivity index (χ2v) is 6.13. The monoisotopic (exact) mass is 312 g/mol. The summed E-state index contributed by atoms with van der Waals surface area (Å²) in [6.07, 6.45) is 7.00. The minimum Gasteiger partial charge on any atom is -0.391 e. The molecule has 1 fully saturated rings. The number of aromatic nitrogens is 3. The van der Waals surface area contributed by atoms with Crippen LogP contribution in [-0.4, -0.2) is 32.7 Å². The summed E-state index contributed by atoms with van der Waals surface area (Å²) in [6.45, 7) is 2.61. The summed E-state index contributed by atoms with van der Waals surface area (Å²) in [5, 5.41) is 13.6. The predicted molar refractivity (Wildman–Crippen MR) is 91.1 cm³/mol. The van der Waals surface area contributed by atoms with Crippen LogP contribution in [0.5, 0.6) is 0 Å². The lowest BCUT2D eigenvalue weighted by atomic mass is 10.0. The van der Waals surface area contributed by atoms with Crippen LogP contribution in [0.25, 0.3) is 11.5 Å². The number of aryl methyl sites for hydroxylation is 1. The molecule has 1 atom stereocenters. The predicted octanol–water partition coefficient (Wildman–Crippen LogP) is 3.06. The number of nitrogens with one attached hydrogen (secondary N) is 1. The molecule has 2 N–H and O–H groups in total. The van der Waals surface area contributed by atoms with Crippen molar-refractivity contribution in [2.45, 2.75) is 45.1 Å². The molecule has 0 spiro atoms. The van der Waals surface area contributed by atoms with Crippen LogP contribution >= 0.6 is 0 Å². The first kappa shape index (κ1) is 15.9. The number of hydrogen-bond acceptors (Lipinski definition) is 5. The van der Waals surface area contributed by atoms with Crippen molar-refractivity contribution in [1.82, 2.24) is 15.0 Å². The van der Waals surface area contributed by atoms with Crippen LogP contribution in [0.3, 0.4) is 0 Å². The molecule has 2 heterocycles. The van der Waals surface area contributed by atoms with Gasteiger partial charge in [-0.1, -0.05) is 25.8 Å². The Morgan fingerprint density at radius 3 is 2.78 bits per heavy atom. The molecule has 0 aromatic carbocycles. The number of aliphatic hydroxyl groups is 1. The van der Waals surface area contributed by atoms with E-state index in [9.17, 15) is 5.11 Å². The number of rotatable bonds is 6. The Morgan fingerprint density at radius 1 is 1.26 bits per heavy atom. The van der Waals surface area contributed by atoms with Gasteiger partial charge in [0.05, 0.1) is 6.10 Å². The lowest BCUT2D eigenvalue weighted by Crippen LogP contribution is -2.27. The van der Waals surface area contributed by atoms with Crippen molar-refractivity contribution < 1.29 is 5.11 Å². The number of hydrogen-bond donors (Lipinski definition) is 2. The summed E-state index contributed by atoms with van der Waals surface area (Å²) in [4.78, 5) is 13.4. The Hall–Kier alpha value is -2.01. The number of pyridine rings is 1. The average Bonchev–Trinajstić information content (AvgIpc) is 3.15. The first-order valence-corrected chi connectivity index (χ1v) is 8.47. The molecule has 1 saturated carbocycles. The van der Waals surface area contributed by atoms with Crippen LogP contribution in [0.15, 0.2) is 30.5 Å². The van der Waals surface area contributed by atoms with E-state index in [4.69, 9.17) is 0 Å². The van der Waals surface area contributed by atoms with Crippen molar-refractivity contribution >= 4 is 5.82 Å². The Balaban J connectivity index is 1.73. The van der Waals surface area contributed by atoms with E-state index in [0.717, 1.165) is 36.5 Å². The molecule has 1 aliphatic rings. The molecule has 1 unspecified atom stereocenters. The van der Waals surface area contributed by atoms with Gasteiger partial charge in [-0.2, -0.15) is 0 Å². The van der Waals surface area contributed by atoms with Crippen LogP contribution in [0.2, 0.25) is 0 Å². The Kier molecular flexibility index (Phi) is 5.18. The van der Waals surface area contributed by atoms with Crippen molar-refractivity contribution in [3.8, 4) is 11.5 Å². The molecule has 2 aromatic heterocycles. The van der Waals surface area contributed by atoms with E-state index in [1.165, 1.54) is 12.8 Å². The quantitative estimate of drug-likeness (QED) is 0.858. The number of anilines is 1. The normalized spacial score (nSPS) is 16.4. The molecule has 1 aliphatic carbocycles. The minimum absolute atomic E-state index is 0.309. The van der Waals surface area contributed by atoms with Crippen LogP contribution in [0.4, 0.5) is 5.82 Å². The molecule has 0 radical (unpaired) electrons. The maximum absolute atomic E-state index is 10.3. The van der Waals surface area contributed by atoms with E-state index >= 15 is 0 Å². The summed E-state index contributed by atoms with van der Waals surface area (Å²) in [5.41, 5.74) is 1.74. The Bertz CT molecular complexity index is 626. The van der Waals surface area contributed by atoms with E-state index < -0.39 is 0 Å². The fourth-order valence-electron chi connectivity index (χ4n) is 3.10. The van der Waals surface area contributed by atoms with Crippen LogP contribution in [0, 0.1) is 5.92 Å². The number of nitrogens with zero attached hydrogens (tertiary/aromatic N) is 3. The van der Waals surface area contributed by atoms with Gasteiger partial charge in [-0.15, -0.1) is 0 Å². The second-order valence-electron chi connectivity index (χ2n) is 6.13. The SMILES string of the molecule is CCc1cc(NCC(O)C2CCCC2)nc(-c2ccccn2)n1. The van der Waals surface area contributed by atoms with Crippen LogP contribution < -0.4 is 5.32 Å². The summed E-state index contributed by atoms with van der Waals surface area (Å²) in [6, 6.07) is 7.67. The lowest BCUT2D eigenvalue weighted by Gasteiger charge is -2.18. The zero-order valence-electron chi connectivity index (χ0n) is 13.6. The highest BCUT2D eigenvalue weighted by atomic mass is 16.3. The standard InChI is InChI=1S/C18H24N4O/c1-2-14-11-17(20-12-16(23)13-7-3-4-8-13)22-18(21-14)15-9-5-6-10-19-15/h5-6,9-11,13,16,23H,2-4,7-8,12H2,1H3,(H,20,21,22). The molecule has 0 bridgehead atoms. The van der Waals surface area contributed by atoms with Crippen molar-refractivity contribution in [3.63, 3.8) is 0 Å². The van der Waals surface area contributed by atoms with Gasteiger partial charge in [-0.25, -0.2) is 9.97 Å². The molecular formula is C18H24N4O. The van der Waals surface area contributed by atoms with E-state index in [-0.39, 0.29) is 6.10 Å². The lowest BCUT2D eigenvalue weighted by molar-refractivity contribution is 0.122. The third-order valence-corrected chi connectivity index (χ3v) is 4.47. The van der Waals surface area contributed by atoms with Gasteiger partial charge in [-0.3, -0.25) is 4.98 Å². The molecule has 5 heteroatoms. The fourth-order valence-corrected chi connectivity index (χ4v) is 3.10.